The zero-order valence-corrected chi connectivity index (χ0v) is 11.2. The van der Waals surface area contributed by atoms with E-state index in [1.807, 2.05) is 0 Å². The zero-order valence-electron chi connectivity index (χ0n) is 11.2. The fourth-order valence-corrected chi connectivity index (χ4v) is 1.94. The average Bonchev–Trinajstić information content (AvgIpc) is 2.38. The maximum atomic E-state index is 13.6. The SMILES string of the molecule is COc1ccc(NC(=O)c2c(C)cccc2N)cc1F. The Morgan fingerprint density at radius 1 is 1.30 bits per heavy atom. The van der Waals surface area contributed by atoms with Crippen molar-refractivity contribution in [3.05, 3.63) is 53.3 Å². The normalized spacial score (nSPS) is 10.2. The van der Waals surface area contributed by atoms with Crippen molar-refractivity contribution < 1.29 is 13.9 Å². The number of anilines is 2. The highest BCUT2D eigenvalue weighted by molar-refractivity contribution is 6.08. The van der Waals surface area contributed by atoms with E-state index in [0.717, 1.165) is 5.56 Å². The minimum atomic E-state index is -0.539. The summed E-state index contributed by atoms with van der Waals surface area (Å²) < 4.78 is 18.4. The molecule has 0 spiro atoms. The predicted molar refractivity (Wildman–Crippen MR) is 76.5 cm³/mol. The van der Waals surface area contributed by atoms with Gasteiger partial charge in [0.1, 0.15) is 0 Å². The molecule has 0 aromatic heterocycles. The van der Waals surface area contributed by atoms with Gasteiger partial charge in [0, 0.05) is 17.4 Å². The number of methoxy groups -OCH3 is 1. The molecule has 2 aromatic carbocycles. The number of halogens is 1. The summed E-state index contributed by atoms with van der Waals surface area (Å²) in [4.78, 5) is 12.2. The third-order valence-corrected chi connectivity index (χ3v) is 2.94. The highest BCUT2D eigenvalue weighted by Crippen LogP contribution is 2.22. The molecule has 0 saturated carbocycles. The molecule has 2 aromatic rings. The van der Waals surface area contributed by atoms with E-state index in [1.165, 1.54) is 19.2 Å². The summed E-state index contributed by atoms with van der Waals surface area (Å²) >= 11 is 0. The van der Waals surface area contributed by atoms with Crippen LogP contribution in [0.4, 0.5) is 15.8 Å². The van der Waals surface area contributed by atoms with Gasteiger partial charge >= 0.3 is 0 Å². The van der Waals surface area contributed by atoms with Gasteiger partial charge in [-0.05, 0) is 30.7 Å². The third kappa shape index (κ3) is 2.71. The molecule has 0 heterocycles. The Kier molecular flexibility index (Phi) is 3.89. The lowest BCUT2D eigenvalue weighted by Crippen LogP contribution is -2.15. The molecule has 0 aliphatic carbocycles. The van der Waals surface area contributed by atoms with Crippen LogP contribution < -0.4 is 15.8 Å². The highest BCUT2D eigenvalue weighted by Gasteiger charge is 2.13. The van der Waals surface area contributed by atoms with Crippen molar-refractivity contribution >= 4 is 17.3 Å². The van der Waals surface area contributed by atoms with Crippen LogP contribution in [0, 0.1) is 12.7 Å². The maximum absolute atomic E-state index is 13.6. The average molecular weight is 274 g/mol. The first kappa shape index (κ1) is 13.9. The fraction of sp³-hybridized carbons (Fsp3) is 0.133. The molecule has 5 heteroatoms. The number of amides is 1. The highest BCUT2D eigenvalue weighted by atomic mass is 19.1. The number of nitrogen functional groups attached to an aromatic ring is 1. The maximum Gasteiger partial charge on any atom is 0.258 e. The summed E-state index contributed by atoms with van der Waals surface area (Å²) in [5.74, 6) is -0.786. The second-order valence-electron chi connectivity index (χ2n) is 4.34. The minimum Gasteiger partial charge on any atom is -0.494 e. The molecular weight excluding hydrogens is 259 g/mol. The molecular formula is C15H15FN2O2. The number of hydrogen-bond acceptors (Lipinski definition) is 3. The second kappa shape index (κ2) is 5.61. The Labute approximate surface area is 116 Å². The van der Waals surface area contributed by atoms with Crippen LogP contribution >= 0.6 is 0 Å². The van der Waals surface area contributed by atoms with Crippen LogP contribution in [0.3, 0.4) is 0 Å². The van der Waals surface area contributed by atoms with Gasteiger partial charge in [0.05, 0.1) is 12.7 Å². The second-order valence-corrected chi connectivity index (χ2v) is 4.34. The van der Waals surface area contributed by atoms with Crippen LogP contribution in [0.5, 0.6) is 5.75 Å². The number of aryl methyl sites for hydroxylation is 1. The van der Waals surface area contributed by atoms with E-state index in [2.05, 4.69) is 5.32 Å². The molecule has 0 aliphatic heterocycles. The van der Waals surface area contributed by atoms with Gasteiger partial charge in [0.25, 0.3) is 5.91 Å². The molecule has 0 atom stereocenters. The van der Waals surface area contributed by atoms with Crippen molar-refractivity contribution in [3.63, 3.8) is 0 Å². The molecule has 0 unspecified atom stereocenters. The Hall–Kier alpha value is -2.56. The van der Waals surface area contributed by atoms with Crippen LogP contribution in [0.2, 0.25) is 0 Å². The van der Waals surface area contributed by atoms with Crippen molar-refractivity contribution in [2.45, 2.75) is 6.92 Å². The van der Waals surface area contributed by atoms with Gasteiger partial charge in [-0.25, -0.2) is 4.39 Å². The first-order valence-corrected chi connectivity index (χ1v) is 6.03. The molecule has 0 saturated heterocycles. The monoisotopic (exact) mass is 274 g/mol. The lowest BCUT2D eigenvalue weighted by atomic mass is 10.1. The van der Waals surface area contributed by atoms with Gasteiger partial charge in [-0.2, -0.15) is 0 Å². The van der Waals surface area contributed by atoms with Gasteiger partial charge in [-0.3, -0.25) is 4.79 Å². The number of ether oxygens (including phenoxy) is 1. The zero-order chi connectivity index (χ0) is 14.7. The van der Waals surface area contributed by atoms with Crippen LogP contribution in [-0.4, -0.2) is 13.0 Å². The quantitative estimate of drug-likeness (QED) is 0.846. The molecule has 20 heavy (non-hydrogen) atoms. The van der Waals surface area contributed by atoms with E-state index in [1.54, 1.807) is 31.2 Å². The van der Waals surface area contributed by atoms with Crippen LogP contribution in [-0.2, 0) is 0 Å². The van der Waals surface area contributed by atoms with E-state index in [9.17, 15) is 9.18 Å². The molecule has 0 aliphatic rings. The topological polar surface area (TPSA) is 64.3 Å². The number of rotatable bonds is 3. The first-order chi connectivity index (χ1) is 9.52. The lowest BCUT2D eigenvalue weighted by molar-refractivity contribution is 0.102. The number of benzene rings is 2. The Bertz CT molecular complexity index is 636. The summed E-state index contributed by atoms with van der Waals surface area (Å²) in [5, 5.41) is 2.62. The van der Waals surface area contributed by atoms with Crippen molar-refractivity contribution in [1.29, 1.82) is 0 Å². The van der Waals surface area contributed by atoms with Crippen LogP contribution in [0.15, 0.2) is 36.4 Å². The molecule has 0 fully saturated rings. The molecule has 4 nitrogen and oxygen atoms in total. The summed E-state index contributed by atoms with van der Waals surface area (Å²) in [6.07, 6.45) is 0. The van der Waals surface area contributed by atoms with Crippen molar-refractivity contribution in [2.75, 3.05) is 18.2 Å². The van der Waals surface area contributed by atoms with E-state index >= 15 is 0 Å². The van der Waals surface area contributed by atoms with E-state index in [4.69, 9.17) is 10.5 Å². The Balaban J connectivity index is 2.26. The smallest absolute Gasteiger partial charge is 0.258 e. The molecule has 1 amide bonds. The van der Waals surface area contributed by atoms with Gasteiger partial charge in [0.2, 0.25) is 0 Å². The van der Waals surface area contributed by atoms with E-state index in [0.29, 0.717) is 16.9 Å². The van der Waals surface area contributed by atoms with Crippen LogP contribution in [0.1, 0.15) is 15.9 Å². The van der Waals surface area contributed by atoms with Crippen molar-refractivity contribution in [2.24, 2.45) is 0 Å². The van der Waals surface area contributed by atoms with Gasteiger partial charge < -0.3 is 15.8 Å². The van der Waals surface area contributed by atoms with E-state index in [-0.39, 0.29) is 11.7 Å². The van der Waals surface area contributed by atoms with Gasteiger partial charge in [-0.1, -0.05) is 12.1 Å². The predicted octanol–water partition coefficient (Wildman–Crippen LogP) is 2.98. The molecule has 3 N–H and O–H groups in total. The minimum absolute atomic E-state index is 0.124. The molecule has 104 valence electrons. The fourth-order valence-electron chi connectivity index (χ4n) is 1.94. The number of nitrogens with one attached hydrogen (secondary N) is 1. The molecule has 0 bridgehead atoms. The molecule has 0 radical (unpaired) electrons. The van der Waals surface area contributed by atoms with Crippen molar-refractivity contribution in [1.82, 2.24) is 0 Å². The summed E-state index contributed by atoms with van der Waals surface area (Å²) in [6.45, 7) is 1.79. The van der Waals surface area contributed by atoms with Crippen molar-refractivity contribution in [3.8, 4) is 5.75 Å². The summed E-state index contributed by atoms with van der Waals surface area (Å²) in [7, 11) is 1.38. The standard InChI is InChI=1S/C15H15FN2O2/c1-9-4-3-5-12(17)14(9)15(19)18-10-6-7-13(20-2)11(16)8-10/h3-8H,17H2,1-2H3,(H,18,19). The number of carbonyl (C=O) groups is 1. The Morgan fingerprint density at radius 3 is 2.65 bits per heavy atom. The van der Waals surface area contributed by atoms with Gasteiger partial charge in [0.15, 0.2) is 11.6 Å². The largest absolute Gasteiger partial charge is 0.494 e. The Morgan fingerprint density at radius 2 is 2.05 bits per heavy atom. The third-order valence-electron chi connectivity index (χ3n) is 2.94. The lowest BCUT2D eigenvalue weighted by Gasteiger charge is -2.11. The number of nitrogens with two attached hydrogens (primary N) is 1. The first-order valence-electron chi connectivity index (χ1n) is 6.03. The van der Waals surface area contributed by atoms with Gasteiger partial charge in [-0.15, -0.1) is 0 Å². The molecule has 2 rings (SSSR count). The number of carbonyl (C=O) groups excluding carboxylic acids is 1. The summed E-state index contributed by atoms with van der Waals surface area (Å²) in [6, 6.07) is 9.43. The van der Waals surface area contributed by atoms with E-state index < -0.39 is 5.82 Å². The van der Waals surface area contributed by atoms with Crippen LogP contribution in [0.25, 0.3) is 0 Å². The number of hydrogen-bond donors (Lipinski definition) is 2. The summed E-state index contributed by atoms with van der Waals surface area (Å²) in [5.41, 5.74) is 7.68.